The second-order valence-corrected chi connectivity index (χ2v) is 4.81. The average molecular weight is 215 g/mol. The molecular formula is C10H16O3P+. The topological polar surface area (TPSA) is 60.7 Å². The monoisotopic (exact) mass is 215 g/mol. The second-order valence-electron chi connectivity index (χ2n) is 3.19. The summed E-state index contributed by atoms with van der Waals surface area (Å²) in [6.07, 6.45) is 1.53. The fourth-order valence-corrected chi connectivity index (χ4v) is 2.59. The van der Waals surface area contributed by atoms with Crippen molar-refractivity contribution in [2.75, 3.05) is 0 Å². The third-order valence-electron chi connectivity index (χ3n) is 2.31. The van der Waals surface area contributed by atoms with Crippen LogP contribution < -0.4 is 5.30 Å². The predicted octanol–water partition coefficient (Wildman–Crippen LogP) is 1.18. The Morgan fingerprint density at radius 1 is 1.07 bits per heavy atom. The fraction of sp³-hybridized carbons (Fsp3) is 0.400. The summed E-state index contributed by atoms with van der Waals surface area (Å²) in [5.41, 5.74) is 1.92. The van der Waals surface area contributed by atoms with Gasteiger partial charge in [-0.15, -0.1) is 0 Å². The van der Waals surface area contributed by atoms with Crippen LogP contribution >= 0.6 is 7.94 Å². The van der Waals surface area contributed by atoms with Crippen LogP contribution in [0.25, 0.3) is 0 Å². The first-order chi connectivity index (χ1) is 6.50. The van der Waals surface area contributed by atoms with Crippen molar-refractivity contribution in [2.24, 2.45) is 0 Å². The summed E-state index contributed by atoms with van der Waals surface area (Å²) in [5, 5.41) is 0.291. The highest BCUT2D eigenvalue weighted by Gasteiger charge is 2.36. The van der Waals surface area contributed by atoms with E-state index in [1.54, 1.807) is 12.1 Å². The van der Waals surface area contributed by atoms with E-state index in [0.29, 0.717) is 11.7 Å². The van der Waals surface area contributed by atoms with Crippen molar-refractivity contribution in [3.8, 4) is 0 Å². The highest BCUT2D eigenvalue weighted by atomic mass is 31.2. The second kappa shape index (κ2) is 4.37. The van der Waals surface area contributed by atoms with Gasteiger partial charge in [-0.1, -0.05) is 26.0 Å². The van der Waals surface area contributed by atoms with E-state index >= 15 is 0 Å². The van der Waals surface area contributed by atoms with Crippen molar-refractivity contribution < 1.29 is 14.7 Å². The summed E-state index contributed by atoms with van der Waals surface area (Å²) in [6, 6.07) is 5.26. The van der Waals surface area contributed by atoms with Gasteiger partial charge in [0.25, 0.3) is 0 Å². The lowest BCUT2D eigenvalue weighted by atomic mass is 10.0. The van der Waals surface area contributed by atoms with Gasteiger partial charge in [0, 0.05) is 5.56 Å². The van der Waals surface area contributed by atoms with Crippen LogP contribution in [0.4, 0.5) is 0 Å². The number of hydrogen-bond acceptors (Lipinski definition) is 3. The Labute approximate surface area is 84.6 Å². The molecule has 0 spiro atoms. The molecule has 3 N–H and O–H groups in total. The molecule has 0 atom stereocenters. The molecule has 0 bridgehead atoms. The van der Waals surface area contributed by atoms with Crippen LogP contribution in [0.5, 0.6) is 0 Å². The van der Waals surface area contributed by atoms with E-state index in [1.165, 1.54) is 0 Å². The molecule has 14 heavy (non-hydrogen) atoms. The Morgan fingerprint density at radius 3 is 2.14 bits per heavy atom. The van der Waals surface area contributed by atoms with Gasteiger partial charge in [0.1, 0.15) is 0 Å². The van der Waals surface area contributed by atoms with Gasteiger partial charge >= 0.3 is 7.94 Å². The SMILES string of the molecule is CCc1cccc([P+](O)(O)O)c1CC. The van der Waals surface area contributed by atoms with Crippen molar-refractivity contribution in [3.63, 3.8) is 0 Å². The summed E-state index contributed by atoms with van der Waals surface area (Å²) < 4.78 is 0. The minimum Gasteiger partial charge on any atom is -0.189 e. The number of aryl methyl sites for hydroxylation is 1. The summed E-state index contributed by atoms with van der Waals surface area (Å²) in [4.78, 5) is 27.7. The van der Waals surface area contributed by atoms with E-state index in [9.17, 15) is 14.7 Å². The normalized spacial score (nSPS) is 11.8. The highest BCUT2D eigenvalue weighted by molar-refractivity contribution is 7.66. The summed E-state index contributed by atoms with van der Waals surface area (Å²) in [7, 11) is -3.86. The third-order valence-corrected chi connectivity index (χ3v) is 3.37. The van der Waals surface area contributed by atoms with Crippen LogP contribution in [-0.2, 0) is 12.8 Å². The Morgan fingerprint density at radius 2 is 1.71 bits per heavy atom. The first kappa shape index (κ1) is 11.6. The van der Waals surface area contributed by atoms with Crippen LogP contribution in [0.15, 0.2) is 18.2 Å². The van der Waals surface area contributed by atoms with Gasteiger partial charge < -0.3 is 0 Å². The molecule has 78 valence electrons. The number of rotatable bonds is 3. The minimum absolute atomic E-state index is 0.291. The van der Waals surface area contributed by atoms with Crippen LogP contribution in [0.1, 0.15) is 25.0 Å². The molecule has 4 heteroatoms. The molecule has 0 fully saturated rings. The van der Waals surface area contributed by atoms with E-state index in [-0.39, 0.29) is 0 Å². The van der Waals surface area contributed by atoms with Crippen molar-refractivity contribution in [2.45, 2.75) is 26.7 Å². The maximum atomic E-state index is 9.24. The molecule has 0 heterocycles. The van der Waals surface area contributed by atoms with Gasteiger partial charge in [-0.3, -0.25) is 0 Å². The zero-order chi connectivity index (χ0) is 10.8. The molecule has 0 aliphatic heterocycles. The number of hydrogen-bond donors (Lipinski definition) is 3. The molecule has 3 nitrogen and oxygen atoms in total. The zero-order valence-corrected chi connectivity index (χ0v) is 9.33. The lowest BCUT2D eigenvalue weighted by Crippen LogP contribution is -2.16. The maximum absolute atomic E-state index is 9.24. The van der Waals surface area contributed by atoms with Crippen molar-refractivity contribution in [1.29, 1.82) is 0 Å². The van der Waals surface area contributed by atoms with Crippen molar-refractivity contribution in [1.82, 2.24) is 0 Å². The number of benzene rings is 1. The average Bonchev–Trinajstić information content (AvgIpc) is 2.15. The minimum atomic E-state index is -3.86. The molecule has 0 unspecified atom stereocenters. The Kier molecular flexibility index (Phi) is 3.62. The van der Waals surface area contributed by atoms with E-state index in [1.807, 2.05) is 19.9 Å². The Hall–Kier alpha value is -0.470. The van der Waals surface area contributed by atoms with Crippen molar-refractivity contribution in [3.05, 3.63) is 29.3 Å². The highest BCUT2D eigenvalue weighted by Crippen LogP contribution is 2.44. The fourth-order valence-electron chi connectivity index (χ4n) is 1.64. The molecule has 1 rings (SSSR count). The Bertz CT molecular complexity index is 318. The smallest absolute Gasteiger partial charge is 0.189 e. The summed E-state index contributed by atoms with van der Waals surface area (Å²) in [6.45, 7) is 3.94. The molecule has 0 amide bonds. The standard InChI is InChI=1S/C10H16O3P/c1-3-8-6-5-7-10(9(8)4-2)14(11,12)13/h5-7,11-13H,3-4H2,1-2H3/q+1. The van der Waals surface area contributed by atoms with Crippen LogP contribution in [0.3, 0.4) is 0 Å². The molecule has 0 radical (unpaired) electrons. The van der Waals surface area contributed by atoms with Crippen molar-refractivity contribution >= 4 is 13.2 Å². The molecule has 0 aliphatic carbocycles. The van der Waals surface area contributed by atoms with Gasteiger partial charge in [0.05, 0.1) is 0 Å². The Balaban J connectivity index is 3.29. The molecule has 1 aromatic carbocycles. The van der Waals surface area contributed by atoms with Crippen LogP contribution in [0.2, 0.25) is 0 Å². The van der Waals surface area contributed by atoms with Gasteiger partial charge in [-0.25, -0.2) is 0 Å². The lowest BCUT2D eigenvalue weighted by molar-refractivity contribution is 0.347. The maximum Gasteiger partial charge on any atom is 0.441 e. The van der Waals surface area contributed by atoms with Gasteiger partial charge in [-0.2, -0.15) is 14.7 Å². The molecule has 0 aliphatic rings. The van der Waals surface area contributed by atoms with Crippen LogP contribution in [0, 0.1) is 0 Å². The zero-order valence-electron chi connectivity index (χ0n) is 8.44. The third kappa shape index (κ3) is 2.31. The van der Waals surface area contributed by atoms with Gasteiger partial charge in [-0.05, 0) is 24.5 Å². The quantitative estimate of drug-likeness (QED) is 0.663. The van der Waals surface area contributed by atoms with E-state index < -0.39 is 7.94 Å². The molecule has 0 aromatic heterocycles. The van der Waals surface area contributed by atoms with E-state index in [0.717, 1.165) is 17.5 Å². The largest absolute Gasteiger partial charge is 0.441 e. The molecular weight excluding hydrogens is 199 g/mol. The lowest BCUT2D eigenvalue weighted by Gasteiger charge is -2.11. The van der Waals surface area contributed by atoms with E-state index in [4.69, 9.17) is 0 Å². The molecule has 0 saturated carbocycles. The first-order valence-corrected chi connectivity index (χ1v) is 6.34. The van der Waals surface area contributed by atoms with E-state index in [2.05, 4.69) is 0 Å². The molecule has 1 aromatic rings. The van der Waals surface area contributed by atoms with Gasteiger partial charge in [0.15, 0.2) is 5.30 Å². The molecule has 0 saturated heterocycles. The predicted molar refractivity (Wildman–Crippen MR) is 58.4 cm³/mol. The summed E-state index contributed by atoms with van der Waals surface area (Å²) in [5.74, 6) is 0. The first-order valence-electron chi connectivity index (χ1n) is 4.69. The van der Waals surface area contributed by atoms with Gasteiger partial charge in [0.2, 0.25) is 0 Å². The van der Waals surface area contributed by atoms with Crippen LogP contribution in [-0.4, -0.2) is 14.7 Å². The summed E-state index contributed by atoms with van der Waals surface area (Å²) >= 11 is 0.